The summed E-state index contributed by atoms with van der Waals surface area (Å²) in [5.74, 6) is 0. The maximum atomic E-state index is 2.51. The predicted octanol–water partition coefficient (Wildman–Crippen LogP) is 36.3. The van der Waals surface area contributed by atoms with Crippen LogP contribution in [0.25, 0.3) is 66.8 Å². The highest BCUT2D eigenvalue weighted by Crippen LogP contribution is 2.58. The minimum absolute atomic E-state index is 0.00178. The number of benzene rings is 18. The van der Waals surface area contributed by atoms with E-state index in [0.29, 0.717) is 0 Å². The van der Waals surface area contributed by atoms with Crippen LogP contribution in [0, 0.1) is 69.2 Å². The van der Waals surface area contributed by atoms with Crippen LogP contribution in [0.15, 0.2) is 413 Å². The molecular formula is C130H120N4. The summed E-state index contributed by atoms with van der Waals surface area (Å²) in [6.45, 7) is 37.0. The van der Waals surface area contributed by atoms with E-state index in [1.807, 2.05) is 0 Å². The number of hydrogen-bond acceptors (Lipinski definition) is 4. The van der Waals surface area contributed by atoms with Gasteiger partial charge in [0.1, 0.15) is 0 Å². The maximum absolute atomic E-state index is 2.51. The van der Waals surface area contributed by atoms with Gasteiger partial charge in [0, 0.05) is 67.7 Å². The minimum atomic E-state index is -0.247. The molecular weight excluding hydrogens is 1620 g/mol. The highest BCUT2D eigenvalue weighted by atomic mass is 15.2. The molecule has 0 amide bonds. The highest BCUT2D eigenvalue weighted by molar-refractivity contribution is 5.90. The lowest BCUT2D eigenvalue weighted by Crippen LogP contribution is -2.24. The quantitative estimate of drug-likeness (QED) is 0.0754. The fourth-order valence-electron chi connectivity index (χ4n) is 22.5. The fourth-order valence-corrected chi connectivity index (χ4v) is 22.5. The van der Waals surface area contributed by atoms with Gasteiger partial charge in [0.15, 0.2) is 0 Å². The van der Waals surface area contributed by atoms with Crippen molar-refractivity contribution in [2.75, 3.05) is 19.6 Å². The number of nitrogens with zero attached hydrogens (tertiary/aromatic N) is 4. The zero-order chi connectivity index (χ0) is 92.9. The second-order valence-corrected chi connectivity index (χ2v) is 39.5. The first-order valence-electron chi connectivity index (χ1n) is 47.6. The first-order valence-corrected chi connectivity index (χ1v) is 47.6. The van der Waals surface area contributed by atoms with Crippen LogP contribution in [0.4, 0.5) is 68.2 Å². The Morgan fingerprint density at radius 1 is 0.172 bits per heavy atom. The Hall–Kier alpha value is -14.8. The van der Waals surface area contributed by atoms with Crippen LogP contribution in [-0.2, 0) is 21.7 Å². The Bertz CT molecular complexity index is 7100. The number of aryl methyl sites for hydroxylation is 10. The van der Waals surface area contributed by atoms with Crippen LogP contribution in [0.1, 0.15) is 143 Å². The molecule has 0 fully saturated rings. The number of anilines is 12. The molecule has 4 nitrogen and oxygen atoms in total. The van der Waals surface area contributed by atoms with Crippen molar-refractivity contribution in [1.29, 1.82) is 0 Å². The van der Waals surface area contributed by atoms with Crippen molar-refractivity contribution in [3.8, 4) is 66.8 Å². The fraction of sp³-hybridized carbons (Fsp3) is 0.169. The summed E-state index contributed by atoms with van der Waals surface area (Å²) in [5, 5.41) is 0. The van der Waals surface area contributed by atoms with Crippen molar-refractivity contribution in [1.82, 2.24) is 0 Å². The summed E-state index contributed by atoms with van der Waals surface area (Å²) >= 11 is 0. The Labute approximate surface area is 795 Å². The van der Waals surface area contributed by atoms with Gasteiger partial charge in [-0.1, -0.05) is 344 Å². The van der Waals surface area contributed by atoms with E-state index in [4.69, 9.17) is 0 Å². The summed E-state index contributed by atoms with van der Waals surface area (Å²) in [4.78, 5) is 9.89. The summed E-state index contributed by atoms with van der Waals surface area (Å²) in [6.07, 6.45) is 2.02. The van der Waals surface area contributed by atoms with Crippen LogP contribution < -0.4 is 19.6 Å². The molecule has 0 spiro atoms. The van der Waals surface area contributed by atoms with E-state index in [-0.39, 0.29) is 21.7 Å². The third-order valence-electron chi connectivity index (χ3n) is 28.6. The molecule has 0 N–H and O–H groups in total. The van der Waals surface area contributed by atoms with Crippen molar-refractivity contribution in [2.24, 2.45) is 0 Å². The third kappa shape index (κ3) is 17.2. The van der Waals surface area contributed by atoms with Gasteiger partial charge < -0.3 is 19.6 Å². The molecule has 0 aromatic heterocycles. The van der Waals surface area contributed by atoms with Gasteiger partial charge in [-0.15, -0.1) is 0 Å². The van der Waals surface area contributed by atoms with Gasteiger partial charge >= 0.3 is 0 Å². The van der Waals surface area contributed by atoms with Crippen molar-refractivity contribution < 1.29 is 0 Å². The van der Waals surface area contributed by atoms with E-state index >= 15 is 0 Å². The molecule has 0 aliphatic heterocycles. The van der Waals surface area contributed by atoms with E-state index in [0.717, 1.165) is 41.3 Å². The third-order valence-corrected chi connectivity index (χ3v) is 28.6. The lowest BCUT2D eigenvalue weighted by Gasteiger charge is -2.32. The number of hydrogen-bond donors (Lipinski definition) is 0. The van der Waals surface area contributed by atoms with Crippen LogP contribution in [-0.4, -0.2) is 0 Å². The average molecular weight is 1740 g/mol. The van der Waals surface area contributed by atoms with Gasteiger partial charge in [-0.3, -0.25) is 0 Å². The average Bonchev–Trinajstić information content (AvgIpc) is 1.56. The molecule has 134 heavy (non-hydrogen) atoms. The number of fused-ring (bicyclic) bond motifs is 2. The van der Waals surface area contributed by atoms with Gasteiger partial charge in [0.25, 0.3) is 0 Å². The molecule has 2 aliphatic rings. The largest absolute Gasteiger partial charge is 0.310 e. The molecule has 2 unspecified atom stereocenters. The topological polar surface area (TPSA) is 13.0 Å². The Balaban J connectivity index is 0.000000174. The second-order valence-electron chi connectivity index (χ2n) is 39.5. The van der Waals surface area contributed by atoms with Crippen molar-refractivity contribution in [3.63, 3.8) is 0 Å². The van der Waals surface area contributed by atoms with E-state index in [1.54, 1.807) is 0 Å². The Morgan fingerprint density at radius 2 is 0.381 bits per heavy atom. The molecule has 2 atom stereocenters. The van der Waals surface area contributed by atoms with Crippen LogP contribution >= 0.6 is 0 Å². The lowest BCUT2D eigenvalue weighted by atomic mass is 9.75. The normalized spacial score (nSPS) is 15.0. The van der Waals surface area contributed by atoms with Gasteiger partial charge in [0.05, 0.1) is 11.4 Å². The molecule has 4 heteroatoms. The predicted molar refractivity (Wildman–Crippen MR) is 573 cm³/mol. The van der Waals surface area contributed by atoms with Crippen LogP contribution in [0.3, 0.4) is 0 Å². The van der Waals surface area contributed by atoms with Crippen LogP contribution in [0.2, 0.25) is 0 Å². The minimum Gasteiger partial charge on any atom is -0.310 e. The standard InChI is InChI=1S/C70H62N2.C60H58N2/c1-48-42-56(52-20-12-8-13-21-52)28-38-65(48)71(66-39-29-57(43-49(66)2)53-22-14-9-15-23-53)61-34-32-60(33-35-61)70(7)47-69(5,6)63-37-36-62(46-64(63)70)72(67-40-30-58(44-50(67)3)54-24-16-10-17-25-54)68-41-31-59(45-51(68)4)55-26-18-11-19-27-55;1-40-34-42(3)57(43(4)35-40)61(51-26-20-48(21-27-51)46-16-12-10-13-17-46)53-30-24-50(25-31-53)60(9)39-59(7,8)55-33-32-54(38-56(55)60)62(58-44(5)36-41(2)37-45(58)6)52-28-22-49(23-29-52)47-18-14-11-15-19-47/h8-46H,47H2,1-7H3;10-38H,39H2,1-9H3. The summed E-state index contributed by atoms with van der Waals surface area (Å²) < 4.78 is 0. The maximum Gasteiger partial charge on any atom is 0.0520 e. The zero-order valence-corrected chi connectivity index (χ0v) is 80.5. The van der Waals surface area contributed by atoms with E-state index in [9.17, 15) is 0 Å². The van der Waals surface area contributed by atoms with Crippen molar-refractivity contribution >= 4 is 68.2 Å². The molecule has 0 heterocycles. The second kappa shape index (κ2) is 36.4. The Morgan fingerprint density at radius 3 is 0.649 bits per heavy atom. The Kier molecular flexibility index (Phi) is 24.0. The molecule has 0 bridgehead atoms. The molecule has 2 aliphatic carbocycles. The van der Waals surface area contributed by atoms with Gasteiger partial charge in [-0.05, 0) is 359 Å². The first-order chi connectivity index (χ1) is 64.7. The molecule has 0 saturated carbocycles. The monoisotopic (exact) mass is 1740 g/mol. The zero-order valence-electron chi connectivity index (χ0n) is 80.5. The van der Waals surface area contributed by atoms with E-state index < -0.39 is 0 Å². The van der Waals surface area contributed by atoms with Gasteiger partial charge in [0.2, 0.25) is 0 Å². The van der Waals surface area contributed by atoms with Crippen molar-refractivity contribution in [3.05, 3.63) is 502 Å². The number of rotatable bonds is 20. The molecule has 660 valence electrons. The highest BCUT2D eigenvalue weighted by Gasteiger charge is 2.48. The SMILES string of the molecule is Cc1cc(-c2ccccc2)ccc1N(c1ccc(C2(C)CC(C)(C)c3ccc(N(c4ccc(-c5ccccc5)cc4C)c4ccc(-c5ccccc5)cc4C)cc32)cc1)c1ccc(-c2ccccc2)cc1C.Cc1cc(C)c(N(c2ccc(-c3ccccc3)cc2)c2ccc(C3(C)CC(C)(C)c4ccc(N(c5ccc(-c6ccccc6)cc5)c5c(C)cc(C)cc5C)cc43)cc2)c(C)c1. The first kappa shape index (κ1) is 88.4. The molecule has 0 radical (unpaired) electrons. The molecule has 20 rings (SSSR count). The summed E-state index contributed by atoms with van der Waals surface area (Å²) in [6, 6.07) is 153. The molecule has 18 aromatic carbocycles. The summed E-state index contributed by atoms with van der Waals surface area (Å²) in [5.41, 5.74) is 49.1. The van der Waals surface area contributed by atoms with Gasteiger partial charge in [-0.2, -0.15) is 0 Å². The lowest BCUT2D eigenvalue weighted by molar-refractivity contribution is 0.425. The summed E-state index contributed by atoms with van der Waals surface area (Å²) in [7, 11) is 0. The smallest absolute Gasteiger partial charge is 0.0520 e. The van der Waals surface area contributed by atoms with Gasteiger partial charge in [-0.25, -0.2) is 0 Å². The van der Waals surface area contributed by atoms with E-state index in [2.05, 4.69) is 543 Å². The van der Waals surface area contributed by atoms with Crippen LogP contribution in [0.5, 0.6) is 0 Å². The van der Waals surface area contributed by atoms with E-state index in [1.165, 1.54) is 196 Å². The molecule has 18 aromatic rings. The van der Waals surface area contributed by atoms with Crippen molar-refractivity contribution in [2.45, 2.75) is 145 Å². The molecule has 0 saturated heterocycles.